The predicted octanol–water partition coefficient (Wildman–Crippen LogP) is 2.69. The van der Waals surface area contributed by atoms with Gasteiger partial charge in [-0.25, -0.2) is 9.67 Å². The van der Waals surface area contributed by atoms with Crippen LogP contribution < -0.4 is 10.5 Å². The van der Waals surface area contributed by atoms with Crippen molar-refractivity contribution in [1.82, 2.24) is 14.8 Å². The number of carbonyl (C=O) groups excluding carboxylic acids is 1. The highest BCUT2D eigenvalue weighted by Gasteiger charge is 2.21. The molecule has 28 heavy (non-hydrogen) atoms. The first-order valence-electron chi connectivity index (χ1n) is 8.77. The van der Waals surface area contributed by atoms with Gasteiger partial charge in [0.2, 0.25) is 0 Å². The predicted molar refractivity (Wildman–Crippen MR) is 110 cm³/mol. The first-order valence-corrected chi connectivity index (χ1v) is 9.59. The second kappa shape index (κ2) is 7.87. The fourth-order valence-electron chi connectivity index (χ4n) is 2.94. The molecule has 0 aliphatic rings. The number of amides is 1. The first-order chi connectivity index (χ1) is 13.7. The average Bonchev–Trinajstić information content (AvgIpc) is 3.14. The van der Waals surface area contributed by atoms with Crippen LogP contribution in [0.4, 0.5) is 5.13 Å². The summed E-state index contributed by atoms with van der Waals surface area (Å²) < 4.78 is 7.33. The fourth-order valence-corrected chi connectivity index (χ4v) is 3.95. The standard InChI is InChI=1S/C20H18N4O3S/c1-27-11-10-23(20-22-16-8-4-5-9-17(16)28-20)18(25)13-24-19(26)15-7-3-2-6-14(15)12-21-24/h2-9,12H,10-11,13H2,1H3. The molecule has 2 aromatic carbocycles. The fraction of sp³-hybridized carbons (Fsp3) is 0.200. The van der Waals surface area contributed by atoms with E-state index >= 15 is 0 Å². The van der Waals surface area contributed by atoms with Crippen molar-refractivity contribution in [3.63, 3.8) is 0 Å². The molecule has 4 aromatic rings. The van der Waals surface area contributed by atoms with Crippen molar-refractivity contribution in [2.24, 2.45) is 0 Å². The van der Waals surface area contributed by atoms with Crippen LogP contribution in [0.15, 0.2) is 59.5 Å². The third kappa shape index (κ3) is 3.51. The van der Waals surface area contributed by atoms with Crippen molar-refractivity contribution in [2.45, 2.75) is 6.54 Å². The Bertz CT molecular complexity index is 1170. The van der Waals surface area contributed by atoms with E-state index in [1.807, 2.05) is 36.4 Å². The van der Waals surface area contributed by atoms with Crippen molar-refractivity contribution < 1.29 is 9.53 Å². The number of anilines is 1. The minimum absolute atomic E-state index is 0.163. The summed E-state index contributed by atoms with van der Waals surface area (Å²) in [6.45, 7) is 0.544. The summed E-state index contributed by atoms with van der Waals surface area (Å²) in [6, 6.07) is 14.9. The van der Waals surface area contributed by atoms with Crippen molar-refractivity contribution in [3.8, 4) is 0 Å². The lowest BCUT2D eigenvalue weighted by atomic mass is 10.2. The number of para-hydroxylation sites is 1. The maximum atomic E-state index is 13.0. The molecule has 0 radical (unpaired) electrons. The van der Waals surface area contributed by atoms with Crippen LogP contribution in [0.3, 0.4) is 0 Å². The molecular weight excluding hydrogens is 376 g/mol. The van der Waals surface area contributed by atoms with E-state index < -0.39 is 0 Å². The van der Waals surface area contributed by atoms with Crippen LogP contribution in [0.1, 0.15) is 0 Å². The molecule has 8 heteroatoms. The summed E-state index contributed by atoms with van der Waals surface area (Å²) in [5.74, 6) is -0.263. The zero-order chi connectivity index (χ0) is 19.5. The number of thiazole rings is 1. The number of hydrogen-bond acceptors (Lipinski definition) is 6. The molecule has 0 saturated carbocycles. The normalized spacial score (nSPS) is 11.2. The molecule has 0 saturated heterocycles. The highest BCUT2D eigenvalue weighted by atomic mass is 32.1. The smallest absolute Gasteiger partial charge is 0.275 e. The summed E-state index contributed by atoms with van der Waals surface area (Å²) in [4.78, 5) is 31.8. The molecule has 0 unspecified atom stereocenters. The number of nitrogens with zero attached hydrogens (tertiary/aromatic N) is 4. The number of carbonyl (C=O) groups is 1. The van der Waals surface area contributed by atoms with Gasteiger partial charge >= 0.3 is 0 Å². The van der Waals surface area contributed by atoms with Gasteiger partial charge < -0.3 is 4.74 Å². The summed E-state index contributed by atoms with van der Waals surface area (Å²) in [5, 5.41) is 6.02. The molecular formula is C20H18N4O3S. The number of methoxy groups -OCH3 is 1. The van der Waals surface area contributed by atoms with Gasteiger partial charge in [-0.15, -0.1) is 0 Å². The van der Waals surface area contributed by atoms with Gasteiger partial charge in [-0.3, -0.25) is 14.5 Å². The Morgan fingerprint density at radius 1 is 1.18 bits per heavy atom. The van der Waals surface area contributed by atoms with Crippen LogP contribution in [-0.4, -0.2) is 40.9 Å². The SMILES string of the molecule is COCCN(C(=O)Cn1ncc2ccccc2c1=O)c1nc2ccccc2s1. The number of aromatic nitrogens is 3. The molecule has 0 fully saturated rings. The van der Waals surface area contributed by atoms with Gasteiger partial charge in [0.15, 0.2) is 5.13 Å². The van der Waals surface area contributed by atoms with E-state index in [9.17, 15) is 9.59 Å². The van der Waals surface area contributed by atoms with Gasteiger partial charge in [0.05, 0.1) is 35.0 Å². The lowest BCUT2D eigenvalue weighted by Gasteiger charge is -2.19. The monoisotopic (exact) mass is 394 g/mol. The van der Waals surface area contributed by atoms with Crippen LogP contribution in [0.5, 0.6) is 0 Å². The van der Waals surface area contributed by atoms with E-state index in [2.05, 4.69) is 10.1 Å². The molecule has 7 nitrogen and oxygen atoms in total. The minimum Gasteiger partial charge on any atom is -0.383 e. The van der Waals surface area contributed by atoms with Crippen LogP contribution in [0.25, 0.3) is 21.0 Å². The zero-order valence-corrected chi connectivity index (χ0v) is 16.1. The van der Waals surface area contributed by atoms with Gasteiger partial charge in [0, 0.05) is 12.5 Å². The van der Waals surface area contributed by atoms with Crippen molar-refractivity contribution in [2.75, 3.05) is 25.2 Å². The Labute approximate surface area is 164 Å². The minimum atomic E-state index is -0.289. The van der Waals surface area contributed by atoms with E-state index in [1.54, 1.807) is 30.3 Å². The van der Waals surface area contributed by atoms with Crippen LogP contribution in [-0.2, 0) is 16.1 Å². The molecule has 0 spiro atoms. The number of hydrogen-bond donors (Lipinski definition) is 0. The summed E-state index contributed by atoms with van der Waals surface area (Å²) >= 11 is 1.43. The number of fused-ring (bicyclic) bond motifs is 2. The third-order valence-electron chi connectivity index (χ3n) is 4.38. The number of benzene rings is 2. The van der Waals surface area contributed by atoms with Crippen LogP contribution in [0, 0.1) is 0 Å². The topological polar surface area (TPSA) is 77.3 Å². The maximum Gasteiger partial charge on any atom is 0.275 e. The largest absolute Gasteiger partial charge is 0.383 e. The molecule has 2 heterocycles. The molecule has 0 N–H and O–H groups in total. The van der Waals surface area contributed by atoms with E-state index in [1.165, 1.54) is 16.0 Å². The third-order valence-corrected chi connectivity index (χ3v) is 5.44. The Hall–Kier alpha value is -3.10. The quantitative estimate of drug-likeness (QED) is 0.502. The molecule has 0 bridgehead atoms. The Kier molecular flexibility index (Phi) is 5.14. The Balaban J connectivity index is 1.66. The number of rotatable bonds is 6. The number of ether oxygens (including phenoxy) is 1. The van der Waals surface area contributed by atoms with Gasteiger partial charge in [-0.05, 0) is 18.2 Å². The van der Waals surface area contributed by atoms with E-state index in [0.717, 1.165) is 15.6 Å². The summed E-state index contributed by atoms with van der Waals surface area (Å²) in [5.41, 5.74) is 0.543. The van der Waals surface area contributed by atoms with Crippen LogP contribution >= 0.6 is 11.3 Å². The van der Waals surface area contributed by atoms with Crippen LogP contribution in [0.2, 0.25) is 0 Å². The molecule has 1 amide bonds. The second-order valence-corrected chi connectivity index (χ2v) is 7.21. The first kappa shape index (κ1) is 18.3. The second-order valence-electron chi connectivity index (χ2n) is 6.20. The van der Waals surface area contributed by atoms with Gasteiger partial charge in [0.25, 0.3) is 11.5 Å². The lowest BCUT2D eigenvalue weighted by Crippen LogP contribution is -2.39. The molecule has 0 aliphatic heterocycles. The maximum absolute atomic E-state index is 13.0. The average molecular weight is 394 g/mol. The lowest BCUT2D eigenvalue weighted by molar-refractivity contribution is -0.119. The van der Waals surface area contributed by atoms with Crippen molar-refractivity contribution >= 4 is 43.4 Å². The highest BCUT2D eigenvalue weighted by Crippen LogP contribution is 2.28. The zero-order valence-electron chi connectivity index (χ0n) is 15.2. The Morgan fingerprint density at radius 2 is 1.96 bits per heavy atom. The van der Waals surface area contributed by atoms with Crippen molar-refractivity contribution in [1.29, 1.82) is 0 Å². The summed E-state index contributed by atoms with van der Waals surface area (Å²) in [6.07, 6.45) is 1.60. The van der Waals surface area contributed by atoms with E-state index in [0.29, 0.717) is 23.7 Å². The van der Waals surface area contributed by atoms with Crippen molar-refractivity contribution in [3.05, 3.63) is 65.1 Å². The molecule has 2 aromatic heterocycles. The molecule has 0 aliphatic carbocycles. The molecule has 4 rings (SSSR count). The molecule has 142 valence electrons. The van der Waals surface area contributed by atoms with E-state index in [-0.39, 0.29) is 18.0 Å². The highest BCUT2D eigenvalue weighted by molar-refractivity contribution is 7.22. The van der Waals surface area contributed by atoms with Gasteiger partial charge in [-0.1, -0.05) is 41.7 Å². The summed E-state index contributed by atoms with van der Waals surface area (Å²) in [7, 11) is 1.58. The van der Waals surface area contributed by atoms with Gasteiger partial charge in [-0.2, -0.15) is 5.10 Å². The van der Waals surface area contributed by atoms with E-state index in [4.69, 9.17) is 4.74 Å². The Morgan fingerprint density at radius 3 is 2.79 bits per heavy atom. The molecule has 0 atom stereocenters. The van der Waals surface area contributed by atoms with Gasteiger partial charge in [0.1, 0.15) is 6.54 Å².